The zero-order valence-electron chi connectivity index (χ0n) is 7.57. The Balaban J connectivity index is 2.02. The Hall–Kier alpha value is -0.410. The number of carbonyl (C=O) groups is 1. The van der Waals surface area contributed by atoms with Crippen molar-refractivity contribution >= 4 is 6.29 Å². The fraction of sp³-hybridized carbons (Fsp3) is 0.889. The van der Waals surface area contributed by atoms with E-state index in [1.165, 1.54) is 0 Å². The van der Waals surface area contributed by atoms with Gasteiger partial charge >= 0.3 is 0 Å². The first-order chi connectivity index (χ1) is 5.72. The van der Waals surface area contributed by atoms with Gasteiger partial charge in [-0.1, -0.05) is 0 Å². The van der Waals surface area contributed by atoms with Gasteiger partial charge in [0.1, 0.15) is 6.29 Å². The van der Waals surface area contributed by atoms with E-state index in [-0.39, 0.29) is 6.10 Å². The Morgan fingerprint density at radius 1 is 1.58 bits per heavy atom. The number of hydrogen-bond donors (Lipinski definition) is 1. The van der Waals surface area contributed by atoms with Crippen molar-refractivity contribution in [3.63, 3.8) is 0 Å². The van der Waals surface area contributed by atoms with Crippen LogP contribution in [0.1, 0.15) is 19.3 Å². The highest BCUT2D eigenvalue weighted by Crippen LogP contribution is 2.27. The van der Waals surface area contributed by atoms with Crippen LogP contribution in [0.5, 0.6) is 0 Å². The third-order valence-electron chi connectivity index (χ3n) is 2.41. The summed E-state index contributed by atoms with van der Waals surface area (Å²) < 4.78 is 0. The van der Waals surface area contributed by atoms with Gasteiger partial charge in [0, 0.05) is 19.5 Å². The molecule has 1 rings (SSSR count). The van der Waals surface area contributed by atoms with Crippen LogP contribution in [-0.4, -0.2) is 42.5 Å². The minimum Gasteiger partial charge on any atom is -0.393 e. The zero-order chi connectivity index (χ0) is 8.97. The minimum atomic E-state index is -0.0607. The Morgan fingerprint density at radius 2 is 2.25 bits per heavy atom. The summed E-state index contributed by atoms with van der Waals surface area (Å²) in [6, 6.07) is 0. The number of aliphatic hydroxyl groups excluding tert-OH is 1. The lowest BCUT2D eigenvalue weighted by Crippen LogP contribution is -2.37. The van der Waals surface area contributed by atoms with E-state index in [1.54, 1.807) is 0 Å². The molecule has 0 amide bonds. The number of aldehydes is 1. The Kier molecular flexibility index (Phi) is 3.69. The molecule has 1 aliphatic carbocycles. The second-order valence-corrected chi connectivity index (χ2v) is 3.71. The smallest absolute Gasteiger partial charge is 0.121 e. The molecule has 0 atom stereocenters. The average molecular weight is 171 g/mol. The van der Waals surface area contributed by atoms with Gasteiger partial charge < -0.3 is 14.8 Å². The van der Waals surface area contributed by atoms with E-state index in [9.17, 15) is 4.79 Å². The second-order valence-electron chi connectivity index (χ2n) is 3.71. The standard InChI is InChI=1S/C9H17NO2/c1-10(3-2-4-11)7-8-5-9(12)6-8/h4,8-9,12H,2-3,5-7H2,1H3. The van der Waals surface area contributed by atoms with E-state index in [4.69, 9.17) is 5.11 Å². The predicted molar refractivity (Wildman–Crippen MR) is 46.9 cm³/mol. The largest absolute Gasteiger partial charge is 0.393 e. The Bertz CT molecular complexity index is 143. The van der Waals surface area contributed by atoms with Gasteiger partial charge in [0.05, 0.1) is 6.10 Å². The lowest BCUT2D eigenvalue weighted by Gasteiger charge is -2.34. The fourth-order valence-electron chi connectivity index (χ4n) is 1.65. The van der Waals surface area contributed by atoms with Crippen molar-refractivity contribution in [2.45, 2.75) is 25.4 Å². The van der Waals surface area contributed by atoms with Gasteiger partial charge in [-0.25, -0.2) is 0 Å². The summed E-state index contributed by atoms with van der Waals surface area (Å²) in [5, 5.41) is 9.03. The first-order valence-corrected chi connectivity index (χ1v) is 4.52. The molecule has 12 heavy (non-hydrogen) atoms. The van der Waals surface area contributed by atoms with Crippen LogP contribution in [0.4, 0.5) is 0 Å². The third kappa shape index (κ3) is 2.91. The van der Waals surface area contributed by atoms with Crippen LogP contribution < -0.4 is 0 Å². The van der Waals surface area contributed by atoms with Crippen molar-refractivity contribution in [3.8, 4) is 0 Å². The van der Waals surface area contributed by atoms with Gasteiger partial charge in [0.15, 0.2) is 0 Å². The summed E-state index contributed by atoms with van der Waals surface area (Å²) >= 11 is 0. The molecule has 0 spiro atoms. The molecular weight excluding hydrogens is 154 g/mol. The average Bonchev–Trinajstić information content (AvgIpc) is 1.98. The van der Waals surface area contributed by atoms with E-state index < -0.39 is 0 Å². The highest BCUT2D eigenvalue weighted by Gasteiger charge is 2.27. The predicted octanol–water partition coefficient (Wildman–Crippen LogP) is 0.278. The Morgan fingerprint density at radius 3 is 2.75 bits per heavy atom. The van der Waals surface area contributed by atoms with Crippen LogP contribution in [0, 0.1) is 5.92 Å². The Labute approximate surface area is 73.4 Å². The van der Waals surface area contributed by atoms with E-state index in [0.717, 1.165) is 32.2 Å². The van der Waals surface area contributed by atoms with Crippen molar-refractivity contribution in [2.75, 3.05) is 20.1 Å². The van der Waals surface area contributed by atoms with Gasteiger partial charge in [-0.3, -0.25) is 0 Å². The van der Waals surface area contributed by atoms with Gasteiger partial charge in [-0.15, -0.1) is 0 Å². The molecule has 0 aromatic heterocycles. The van der Waals surface area contributed by atoms with Gasteiger partial charge in [-0.05, 0) is 25.8 Å². The number of hydrogen-bond acceptors (Lipinski definition) is 3. The summed E-state index contributed by atoms with van der Waals surface area (Å²) in [6.45, 7) is 1.86. The molecule has 0 heterocycles. The normalized spacial score (nSPS) is 28.6. The second kappa shape index (κ2) is 4.58. The maximum atomic E-state index is 10.1. The highest BCUT2D eigenvalue weighted by molar-refractivity contribution is 5.49. The van der Waals surface area contributed by atoms with Crippen LogP contribution in [-0.2, 0) is 4.79 Å². The monoisotopic (exact) mass is 171 g/mol. The van der Waals surface area contributed by atoms with E-state index in [2.05, 4.69) is 4.90 Å². The molecule has 0 saturated heterocycles. The first kappa shape index (κ1) is 9.68. The molecule has 0 radical (unpaired) electrons. The lowest BCUT2D eigenvalue weighted by molar-refractivity contribution is -0.108. The lowest BCUT2D eigenvalue weighted by atomic mass is 9.82. The molecule has 0 aromatic carbocycles. The fourth-order valence-corrected chi connectivity index (χ4v) is 1.65. The maximum absolute atomic E-state index is 10.1. The van der Waals surface area contributed by atoms with Crippen LogP contribution in [0.25, 0.3) is 0 Å². The van der Waals surface area contributed by atoms with Crippen LogP contribution in [0.2, 0.25) is 0 Å². The third-order valence-corrected chi connectivity index (χ3v) is 2.41. The molecular formula is C9H17NO2. The van der Waals surface area contributed by atoms with Gasteiger partial charge in [0.25, 0.3) is 0 Å². The van der Waals surface area contributed by atoms with Crippen molar-refractivity contribution in [1.82, 2.24) is 4.90 Å². The van der Waals surface area contributed by atoms with Crippen molar-refractivity contribution in [3.05, 3.63) is 0 Å². The van der Waals surface area contributed by atoms with E-state index in [1.807, 2.05) is 7.05 Å². The summed E-state index contributed by atoms with van der Waals surface area (Å²) in [5.74, 6) is 0.650. The van der Waals surface area contributed by atoms with Crippen molar-refractivity contribution in [1.29, 1.82) is 0 Å². The zero-order valence-corrected chi connectivity index (χ0v) is 7.57. The minimum absolute atomic E-state index is 0.0607. The topological polar surface area (TPSA) is 40.5 Å². The van der Waals surface area contributed by atoms with E-state index in [0.29, 0.717) is 12.3 Å². The quantitative estimate of drug-likeness (QED) is 0.604. The van der Waals surface area contributed by atoms with E-state index >= 15 is 0 Å². The molecule has 0 aliphatic heterocycles. The molecule has 1 aliphatic rings. The SMILES string of the molecule is CN(CCC=O)CC1CC(O)C1. The molecule has 0 unspecified atom stereocenters. The molecule has 0 aromatic rings. The summed E-state index contributed by atoms with van der Waals surface area (Å²) in [5.41, 5.74) is 0. The molecule has 1 N–H and O–H groups in total. The van der Waals surface area contributed by atoms with Gasteiger partial charge in [0.2, 0.25) is 0 Å². The molecule has 3 heteroatoms. The number of rotatable bonds is 5. The van der Waals surface area contributed by atoms with Crippen LogP contribution in [0.15, 0.2) is 0 Å². The van der Waals surface area contributed by atoms with Crippen LogP contribution >= 0.6 is 0 Å². The van der Waals surface area contributed by atoms with Crippen molar-refractivity contribution < 1.29 is 9.90 Å². The molecule has 1 fully saturated rings. The number of carbonyl (C=O) groups excluding carboxylic acids is 1. The molecule has 1 saturated carbocycles. The number of aliphatic hydroxyl groups is 1. The van der Waals surface area contributed by atoms with Gasteiger partial charge in [-0.2, -0.15) is 0 Å². The summed E-state index contributed by atoms with van der Waals surface area (Å²) in [7, 11) is 2.02. The summed E-state index contributed by atoms with van der Waals surface area (Å²) in [6.07, 6.45) is 3.38. The molecule has 3 nitrogen and oxygen atoms in total. The number of nitrogens with zero attached hydrogens (tertiary/aromatic N) is 1. The molecule has 70 valence electrons. The summed E-state index contributed by atoms with van der Waals surface area (Å²) in [4.78, 5) is 12.2. The van der Waals surface area contributed by atoms with Crippen LogP contribution in [0.3, 0.4) is 0 Å². The highest BCUT2D eigenvalue weighted by atomic mass is 16.3. The molecule has 0 bridgehead atoms. The van der Waals surface area contributed by atoms with Crippen molar-refractivity contribution in [2.24, 2.45) is 5.92 Å². The maximum Gasteiger partial charge on any atom is 0.121 e. The first-order valence-electron chi connectivity index (χ1n) is 4.52.